The number of hydrogen-bond donors (Lipinski definition) is 1. The number of alkyl halides is 1. The fraction of sp³-hybridized carbons (Fsp3) is 0.250. The van der Waals surface area contributed by atoms with Crippen LogP contribution in [-0.2, 0) is 17.1 Å². The van der Waals surface area contributed by atoms with E-state index in [2.05, 4.69) is 0 Å². The molecule has 0 aliphatic heterocycles. The molecule has 0 aliphatic carbocycles. The molecule has 66 valence electrons. The van der Waals surface area contributed by atoms with E-state index in [0.29, 0.717) is 5.56 Å². The van der Waals surface area contributed by atoms with Crippen molar-refractivity contribution in [3.63, 3.8) is 0 Å². The Kier molecular flexibility index (Phi) is 3.22. The fourth-order valence-electron chi connectivity index (χ4n) is 0.883. The lowest BCUT2D eigenvalue weighted by Crippen LogP contribution is -2.05. The fourth-order valence-corrected chi connectivity index (χ4v) is 1.24. The van der Waals surface area contributed by atoms with E-state index < -0.39 is 16.2 Å². The predicted octanol–water partition coefficient (Wildman–Crippen LogP) is 1.14. The zero-order chi connectivity index (χ0) is 8.97. The third-order valence-corrected chi connectivity index (χ3v) is 2.12. The normalized spacial score (nSPS) is 13.2. The van der Waals surface area contributed by atoms with Crippen LogP contribution in [0, 0.1) is 0 Å². The summed E-state index contributed by atoms with van der Waals surface area (Å²) < 4.78 is 32.9. The van der Waals surface area contributed by atoms with Gasteiger partial charge < -0.3 is 0 Å². The van der Waals surface area contributed by atoms with Gasteiger partial charge in [0.1, 0.15) is 0 Å². The summed E-state index contributed by atoms with van der Waals surface area (Å²) in [7, 11) is -2.95. The highest BCUT2D eigenvalue weighted by Crippen LogP contribution is 2.05. The van der Waals surface area contributed by atoms with Gasteiger partial charge in [0.15, 0.2) is 10.7 Å². The lowest BCUT2D eigenvalue weighted by Gasteiger charge is -1.99. The van der Waals surface area contributed by atoms with Crippen LogP contribution in [0.2, 0.25) is 0 Å². The second-order valence-corrected chi connectivity index (χ2v) is 3.54. The molecule has 1 unspecified atom stereocenters. The predicted molar refractivity (Wildman–Crippen MR) is 45.4 cm³/mol. The van der Waals surface area contributed by atoms with Gasteiger partial charge >= 0.3 is 0 Å². The van der Waals surface area contributed by atoms with Gasteiger partial charge in [0.25, 0.3) is 0 Å². The standard InChI is InChI=1S/C8H9FO2S/c9-8(12(10)11)6-7-4-2-1-3-5-7/h1-5,8,12H,6H2. The van der Waals surface area contributed by atoms with Crippen LogP contribution in [0.25, 0.3) is 0 Å². The summed E-state index contributed by atoms with van der Waals surface area (Å²) in [5.41, 5.74) is -1.06. The molecule has 4 heteroatoms. The van der Waals surface area contributed by atoms with Crippen molar-refractivity contribution in [2.75, 3.05) is 0 Å². The van der Waals surface area contributed by atoms with Crippen LogP contribution in [0.1, 0.15) is 5.56 Å². The van der Waals surface area contributed by atoms with Gasteiger partial charge in [-0.25, -0.2) is 12.8 Å². The SMILES string of the molecule is O=[SH](=O)C(F)Cc1ccccc1. The molecule has 0 N–H and O–H groups in total. The average Bonchev–Trinajstić information content (AvgIpc) is 2.06. The highest BCUT2D eigenvalue weighted by molar-refractivity contribution is 7.72. The van der Waals surface area contributed by atoms with Crippen molar-refractivity contribution < 1.29 is 12.8 Å². The van der Waals surface area contributed by atoms with Crippen LogP contribution in [0.5, 0.6) is 0 Å². The van der Waals surface area contributed by atoms with Crippen molar-refractivity contribution in [1.29, 1.82) is 0 Å². The molecule has 1 rings (SSSR count). The molecule has 0 aromatic heterocycles. The quantitative estimate of drug-likeness (QED) is 0.722. The molecule has 0 spiro atoms. The largest absolute Gasteiger partial charge is 0.230 e. The van der Waals surface area contributed by atoms with Gasteiger partial charge in [-0.15, -0.1) is 0 Å². The van der Waals surface area contributed by atoms with E-state index in [0.717, 1.165) is 0 Å². The molecular formula is C8H9FO2S. The number of thiol groups is 1. The molecule has 1 aromatic carbocycles. The molecule has 0 bridgehead atoms. The Balaban J connectivity index is 2.64. The second-order valence-electron chi connectivity index (χ2n) is 2.41. The first-order valence-electron chi connectivity index (χ1n) is 3.51. The van der Waals surface area contributed by atoms with Crippen molar-refractivity contribution in [2.24, 2.45) is 0 Å². The van der Waals surface area contributed by atoms with Gasteiger partial charge in [-0.05, 0) is 5.56 Å². The second kappa shape index (κ2) is 4.21. The molecule has 0 saturated carbocycles. The van der Waals surface area contributed by atoms with E-state index in [9.17, 15) is 12.8 Å². The van der Waals surface area contributed by atoms with Crippen LogP contribution in [0.3, 0.4) is 0 Å². The zero-order valence-electron chi connectivity index (χ0n) is 6.31. The third kappa shape index (κ3) is 2.62. The lowest BCUT2D eigenvalue weighted by molar-refractivity contribution is 0.426. The Labute approximate surface area is 72.0 Å². The third-order valence-electron chi connectivity index (χ3n) is 1.48. The molecular weight excluding hydrogens is 179 g/mol. The molecule has 0 amide bonds. The Morgan fingerprint density at radius 2 is 1.83 bits per heavy atom. The molecule has 0 aliphatic rings. The van der Waals surface area contributed by atoms with E-state index in [1.165, 1.54) is 0 Å². The molecule has 1 atom stereocenters. The zero-order valence-corrected chi connectivity index (χ0v) is 7.21. The molecule has 0 saturated heterocycles. The number of rotatable bonds is 3. The van der Waals surface area contributed by atoms with Crippen LogP contribution < -0.4 is 0 Å². The highest BCUT2D eigenvalue weighted by atomic mass is 32.2. The van der Waals surface area contributed by atoms with Crippen LogP contribution in [-0.4, -0.2) is 13.9 Å². The maximum atomic E-state index is 12.6. The highest BCUT2D eigenvalue weighted by Gasteiger charge is 2.08. The molecule has 12 heavy (non-hydrogen) atoms. The van der Waals surface area contributed by atoms with E-state index >= 15 is 0 Å². The Morgan fingerprint density at radius 1 is 1.25 bits per heavy atom. The monoisotopic (exact) mass is 188 g/mol. The molecule has 1 aromatic rings. The van der Waals surface area contributed by atoms with E-state index in [1.807, 2.05) is 0 Å². The number of halogens is 1. The van der Waals surface area contributed by atoms with Gasteiger partial charge in [0, 0.05) is 6.42 Å². The Hall–Kier alpha value is -0.900. The van der Waals surface area contributed by atoms with Gasteiger partial charge in [0.05, 0.1) is 0 Å². The summed E-state index contributed by atoms with van der Waals surface area (Å²) in [5.74, 6) is 0. The van der Waals surface area contributed by atoms with Crippen molar-refractivity contribution in [3.05, 3.63) is 35.9 Å². The van der Waals surface area contributed by atoms with Crippen molar-refractivity contribution >= 4 is 10.7 Å². The summed E-state index contributed by atoms with van der Waals surface area (Å²) in [6, 6.07) is 8.70. The van der Waals surface area contributed by atoms with Gasteiger partial charge in [-0.1, -0.05) is 30.3 Å². The smallest absolute Gasteiger partial charge is 0.202 e. The summed E-state index contributed by atoms with van der Waals surface area (Å²) >= 11 is 0. The first-order chi connectivity index (χ1) is 5.70. The van der Waals surface area contributed by atoms with Crippen molar-refractivity contribution in [1.82, 2.24) is 0 Å². The van der Waals surface area contributed by atoms with Gasteiger partial charge in [-0.3, -0.25) is 0 Å². The maximum absolute atomic E-state index is 12.6. The van der Waals surface area contributed by atoms with Crippen LogP contribution >= 0.6 is 0 Å². The summed E-state index contributed by atoms with van der Waals surface area (Å²) in [4.78, 5) is 0. The first-order valence-corrected chi connectivity index (χ1v) is 4.76. The number of hydrogen-bond acceptors (Lipinski definition) is 2. The Bertz CT molecular complexity index is 300. The summed E-state index contributed by atoms with van der Waals surface area (Å²) in [5, 5.41) is 0. The van der Waals surface area contributed by atoms with E-state index in [1.54, 1.807) is 30.3 Å². The summed E-state index contributed by atoms with van der Waals surface area (Å²) in [6.07, 6.45) is -0.0560. The minimum Gasteiger partial charge on any atom is -0.230 e. The van der Waals surface area contributed by atoms with E-state index in [4.69, 9.17) is 0 Å². The topological polar surface area (TPSA) is 34.1 Å². The first kappa shape index (κ1) is 9.19. The average molecular weight is 188 g/mol. The van der Waals surface area contributed by atoms with Crippen molar-refractivity contribution in [2.45, 2.75) is 11.9 Å². The molecule has 0 fully saturated rings. The Morgan fingerprint density at radius 3 is 2.33 bits per heavy atom. The van der Waals surface area contributed by atoms with Crippen LogP contribution in [0.15, 0.2) is 30.3 Å². The minimum absolute atomic E-state index is 0.0560. The van der Waals surface area contributed by atoms with Gasteiger partial charge in [0.2, 0.25) is 5.50 Å². The molecule has 2 nitrogen and oxygen atoms in total. The maximum Gasteiger partial charge on any atom is 0.202 e. The summed E-state index contributed by atoms with van der Waals surface area (Å²) in [6.45, 7) is 0. The minimum atomic E-state index is -2.95. The van der Waals surface area contributed by atoms with E-state index in [-0.39, 0.29) is 6.42 Å². The van der Waals surface area contributed by atoms with Gasteiger partial charge in [-0.2, -0.15) is 0 Å². The molecule has 0 radical (unpaired) electrons. The van der Waals surface area contributed by atoms with Crippen LogP contribution in [0.4, 0.5) is 4.39 Å². The number of benzene rings is 1. The molecule has 0 heterocycles. The van der Waals surface area contributed by atoms with Crippen molar-refractivity contribution in [3.8, 4) is 0 Å². The lowest BCUT2D eigenvalue weighted by atomic mass is 10.2.